The van der Waals surface area contributed by atoms with Gasteiger partial charge in [-0.25, -0.2) is 4.57 Å². The van der Waals surface area contributed by atoms with E-state index in [0.29, 0.717) is 13.0 Å². The first-order valence-electron chi connectivity index (χ1n) is 15.0. The smallest absolute Gasteiger partial charge is 0.469 e. The Morgan fingerprint density at radius 2 is 1.44 bits per heavy atom. The number of carbonyl (C=O) groups is 1. The fourth-order valence-corrected chi connectivity index (χ4v) is 5.88. The highest BCUT2D eigenvalue weighted by Crippen LogP contribution is 2.35. The van der Waals surface area contributed by atoms with E-state index in [0.717, 1.165) is 42.9 Å². The van der Waals surface area contributed by atoms with Crippen LogP contribution < -0.4 is 10.9 Å². The van der Waals surface area contributed by atoms with Gasteiger partial charge in [0.1, 0.15) is 5.75 Å². The predicted molar refractivity (Wildman–Crippen MR) is 164 cm³/mol. The Morgan fingerprint density at radius 3 is 2.02 bits per heavy atom. The number of carbonyl (C=O) groups excluding carboxylic acids is 1. The number of methoxy groups -OCH3 is 1. The van der Waals surface area contributed by atoms with Crippen LogP contribution in [0.4, 0.5) is 0 Å². The van der Waals surface area contributed by atoms with E-state index in [1.807, 2.05) is 24.3 Å². The van der Waals surface area contributed by atoms with E-state index in [1.165, 1.54) is 68.9 Å². The first-order chi connectivity index (χ1) is 19.3. The summed E-state index contributed by atoms with van der Waals surface area (Å²) in [6.07, 6.45) is 16.7. The standard InChI is InChI=1S/C32H48NO6P.H3N/c1-38-31-22-20-30(21-23-31)26-33(24-25-39-40(35,36)37)32(34)15-9-8-14-29-18-16-28(17-19-29)13-7-3-6-12-27-10-4-2-5-11-27;/h16-23,27H,2-15,24-26H2,1H3,(H2,35,36,37);1H3. The lowest BCUT2D eigenvalue weighted by Crippen LogP contribution is -2.33. The molecule has 0 aliphatic heterocycles. The van der Waals surface area contributed by atoms with Crippen molar-refractivity contribution in [1.29, 1.82) is 0 Å². The summed E-state index contributed by atoms with van der Waals surface area (Å²) in [5, 5.41) is 0. The lowest BCUT2D eigenvalue weighted by molar-refractivity contribution is -0.132. The zero-order chi connectivity index (χ0) is 28.6. The quantitative estimate of drug-likeness (QED) is 0.122. The SMILES string of the molecule is COc1ccc(CN(CCOP(=O)(O)O)C(=O)CCCCc2ccc(CCCCCC3CCCCC3)cc2)cc1.N. The van der Waals surface area contributed by atoms with Crippen LogP contribution in [0.2, 0.25) is 0 Å². The van der Waals surface area contributed by atoms with Gasteiger partial charge in [0.2, 0.25) is 5.91 Å². The molecule has 1 amide bonds. The largest absolute Gasteiger partial charge is 0.497 e. The van der Waals surface area contributed by atoms with Gasteiger partial charge in [0, 0.05) is 19.5 Å². The monoisotopic (exact) mass is 590 g/mol. The minimum absolute atomic E-state index is 0. The van der Waals surface area contributed by atoms with Crippen molar-refractivity contribution < 1.29 is 28.4 Å². The van der Waals surface area contributed by atoms with E-state index in [4.69, 9.17) is 14.5 Å². The number of rotatable bonds is 18. The van der Waals surface area contributed by atoms with Gasteiger partial charge in [-0.2, -0.15) is 0 Å². The van der Waals surface area contributed by atoms with Crippen molar-refractivity contribution in [1.82, 2.24) is 11.1 Å². The highest BCUT2D eigenvalue weighted by molar-refractivity contribution is 7.46. The zero-order valence-corrected chi connectivity index (χ0v) is 25.7. The highest BCUT2D eigenvalue weighted by atomic mass is 31.2. The summed E-state index contributed by atoms with van der Waals surface area (Å²) in [4.78, 5) is 32.6. The van der Waals surface area contributed by atoms with Gasteiger partial charge in [-0.05, 0) is 66.8 Å². The first kappa shape index (κ1) is 35.0. The van der Waals surface area contributed by atoms with Crippen LogP contribution in [0.15, 0.2) is 48.5 Å². The summed E-state index contributed by atoms with van der Waals surface area (Å²) in [6.45, 7) is 0.229. The fourth-order valence-electron chi connectivity index (χ4n) is 5.56. The Labute approximate surface area is 246 Å². The van der Waals surface area contributed by atoms with E-state index in [-0.39, 0.29) is 25.2 Å². The molecule has 0 heterocycles. The average molecular weight is 591 g/mol. The normalized spacial score (nSPS) is 13.9. The maximum atomic E-state index is 13.0. The van der Waals surface area contributed by atoms with Gasteiger partial charge < -0.3 is 25.6 Å². The molecule has 0 radical (unpaired) electrons. The molecule has 2 aromatic rings. The molecule has 3 rings (SSSR count). The molecule has 41 heavy (non-hydrogen) atoms. The van der Waals surface area contributed by atoms with Crippen molar-refractivity contribution in [2.75, 3.05) is 20.3 Å². The van der Waals surface area contributed by atoms with E-state index >= 15 is 0 Å². The average Bonchev–Trinajstić information content (AvgIpc) is 2.95. The predicted octanol–water partition coefficient (Wildman–Crippen LogP) is 7.39. The number of ether oxygens (including phenoxy) is 1. The molecule has 2 aromatic carbocycles. The Hall–Kier alpha value is -2.22. The molecule has 1 aliphatic rings. The topological polar surface area (TPSA) is 131 Å². The van der Waals surface area contributed by atoms with Crippen LogP contribution in [-0.4, -0.2) is 40.9 Å². The molecule has 0 spiro atoms. The van der Waals surface area contributed by atoms with E-state index in [2.05, 4.69) is 28.8 Å². The molecule has 0 unspecified atom stereocenters. The van der Waals surface area contributed by atoms with Crippen LogP contribution in [0.25, 0.3) is 0 Å². The van der Waals surface area contributed by atoms with Gasteiger partial charge in [-0.3, -0.25) is 9.32 Å². The minimum Gasteiger partial charge on any atom is -0.497 e. The van der Waals surface area contributed by atoms with Crippen molar-refractivity contribution in [3.8, 4) is 5.75 Å². The molecule has 0 saturated heterocycles. The summed E-state index contributed by atoms with van der Waals surface area (Å²) >= 11 is 0. The molecule has 1 aliphatic carbocycles. The Bertz CT molecular complexity index is 1040. The van der Waals surface area contributed by atoms with E-state index in [1.54, 1.807) is 12.0 Å². The highest BCUT2D eigenvalue weighted by Gasteiger charge is 2.18. The number of benzene rings is 2. The molecule has 1 saturated carbocycles. The number of aryl methyl sites for hydroxylation is 2. The van der Waals surface area contributed by atoms with E-state index < -0.39 is 7.82 Å². The van der Waals surface area contributed by atoms with E-state index in [9.17, 15) is 9.36 Å². The maximum absolute atomic E-state index is 13.0. The molecule has 0 aromatic heterocycles. The van der Waals surface area contributed by atoms with Crippen LogP contribution in [0.5, 0.6) is 5.75 Å². The molecule has 5 N–H and O–H groups in total. The second-order valence-electron chi connectivity index (χ2n) is 11.1. The zero-order valence-electron chi connectivity index (χ0n) is 24.8. The van der Waals surface area contributed by atoms with Gasteiger partial charge >= 0.3 is 7.82 Å². The second-order valence-corrected chi connectivity index (χ2v) is 12.4. The fraction of sp³-hybridized carbons (Fsp3) is 0.594. The van der Waals surface area contributed by atoms with Gasteiger partial charge in [-0.1, -0.05) is 87.8 Å². The summed E-state index contributed by atoms with van der Waals surface area (Å²) in [6, 6.07) is 16.3. The Morgan fingerprint density at radius 1 is 0.854 bits per heavy atom. The van der Waals surface area contributed by atoms with Crippen LogP contribution >= 0.6 is 7.82 Å². The number of nitrogens with zero attached hydrogens (tertiary/aromatic N) is 1. The molecule has 230 valence electrons. The number of phosphoric ester groups is 1. The number of phosphoric acid groups is 1. The van der Waals surface area contributed by atoms with Crippen molar-refractivity contribution in [2.45, 2.75) is 96.4 Å². The summed E-state index contributed by atoms with van der Waals surface area (Å²) in [5.74, 6) is 1.66. The van der Waals surface area contributed by atoms with Gasteiger partial charge in [0.25, 0.3) is 0 Å². The van der Waals surface area contributed by atoms with Crippen LogP contribution in [0.3, 0.4) is 0 Å². The first-order valence-corrected chi connectivity index (χ1v) is 16.5. The number of hydrogen-bond acceptors (Lipinski definition) is 5. The Kier molecular flexibility index (Phi) is 16.3. The van der Waals surface area contributed by atoms with Gasteiger partial charge in [-0.15, -0.1) is 0 Å². The third-order valence-electron chi connectivity index (χ3n) is 7.94. The molecular weight excluding hydrogens is 539 g/mol. The second kappa shape index (κ2) is 19.1. The lowest BCUT2D eigenvalue weighted by Gasteiger charge is -2.23. The molecule has 0 bridgehead atoms. The van der Waals surface area contributed by atoms with Crippen molar-refractivity contribution in [3.05, 3.63) is 65.2 Å². The molecular formula is C32H51N2O6P. The van der Waals surface area contributed by atoms with Gasteiger partial charge in [0.15, 0.2) is 0 Å². The lowest BCUT2D eigenvalue weighted by atomic mass is 9.85. The van der Waals surface area contributed by atoms with Crippen molar-refractivity contribution in [2.24, 2.45) is 5.92 Å². The third kappa shape index (κ3) is 14.5. The Balaban J connectivity index is 0.00000588. The number of amides is 1. The third-order valence-corrected chi connectivity index (χ3v) is 8.46. The summed E-state index contributed by atoms with van der Waals surface area (Å²) < 4.78 is 20.8. The number of unbranched alkanes of at least 4 members (excludes halogenated alkanes) is 3. The van der Waals surface area contributed by atoms with Crippen LogP contribution in [-0.2, 0) is 33.3 Å². The summed E-state index contributed by atoms with van der Waals surface area (Å²) in [5.41, 5.74) is 3.61. The molecule has 8 nitrogen and oxygen atoms in total. The van der Waals surface area contributed by atoms with Crippen molar-refractivity contribution in [3.63, 3.8) is 0 Å². The molecule has 9 heteroatoms. The van der Waals surface area contributed by atoms with Crippen molar-refractivity contribution >= 4 is 13.7 Å². The van der Waals surface area contributed by atoms with Crippen LogP contribution in [0.1, 0.15) is 93.7 Å². The van der Waals surface area contributed by atoms with Crippen LogP contribution in [0, 0.1) is 5.92 Å². The minimum atomic E-state index is -4.58. The molecule has 0 atom stereocenters. The summed E-state index contributed by atoms with van der Waals surface area (Å²) in [7, 11) is -2.98. The maximum Gasteiger partial charge on any atom is 0.469 e. The number of hydrogen-bond donors (Lipinski definition) is 3. The molecule has 1 fully saturated rings. The van der Waals surface area contributed by atoms with Gasteiger partial charge in [0.05, 0.1) is 13.7 Å².